The van der Waals surface area contributed by atoms with Gasteiger partial charge in [-0.1, -0.05) is 6.92 Å². The number of rotatable bonds is 4. The molecule has 0 aliphatic carbocycles. The minimum atomic E-state index is -0.455. The van der Waals surface area contributed by atoms with E-state index in [1.807, 2.05) is 4.90 Å². The molecule has 7 heteroatoms. The summed E-state index contributed by atoms with van der Waals surface area (Å²) in [5.41, 5.74) is 0.353. The van der Waals surface area contributed by atoms with Crippen LogP contribution < -0.4 is 5.32 Å². The molecule has 3 heterocycles. The molecule has 1 aromatic rings. The van der Waals surface area contributed by atoms with Crippen molar-refractivity contribution in [2.45, 2.75) is 37.9 Å². The zero-order chi connectivity index (χ0) is 17.9. The Morgan fingerprint density at radius 2 is 2.32 bits per heavy atom. The highest BCUT2D eigenvalue weighted by Crippen LogP contribution is 2.42. The molecule has 3 atom stereocenters. The number of aromatic nitrogens is 1. The third-order valence-corrected chi connectivity index (χ3v) is 5.25. The van der Waals surface area contributed by atoms with Crippen molar-refractivity contribution in [2.75, 3.05) is 32.1 Å². The Balaban J connectivity index is 1.58. The molecule has 136 valence electrons. The summed E-state index contributed by atoms with van der Waals surface area (Å²) < 4.78 is 11.2. The molecule has 1 N–H and O–H groups in total. The number of pyridine rings is 1. The fourth-order valence-corrected chi connectivity index (χ4v) is 3.77. The molecular formula is C18H25N3O4. The summed E-state index contributed by atoms with van der Waals surface area (Å²) in [6.45, 7) is 3.48. The summed E-state index contributed by atoms with van der Waals surface area (Å²) in [6.07, 6.45) is 5.11. The van der Waals surface area contributed by atoms with Crippen molar-refractivity contribution in [3.63, 3.8) is 0 Å². The Morgan fingerprint density at radius 1 is 1.48 bits per heavy atom. The highest BCUT2D eigenvalue weighted by molar-refractivity contribution is 5.94. The zero-order valence-electron chi connectivity index (χ0n) is 14.7. The number of piperidine rings is 1. The molecule has 0 aromatic carbocycles. The van der Waals surface area contributed by atoms with Gasteiger partial charge >= 0.3 is 0 Å². The van der Waals surface area contributed by atoms with Gasteiger partial charge in [0.1, 0.15) is 12.7 Å². The molecule has 2 fully saturated rings. The Bertz CT molecular complexity index is 624. The average Bonchev–Trinajstić information content (AvgIpc) is 3.04. The van der Waals surface area contributed by atoms with Crippen LogP contribution in [-0.4, -0.2) is 60.2 Å². The zero-order valence-corrected chi connectivity index (χ0v) is 14.7. The summed E-state index contributed by atoms with van der Waals surface area (Å²) in [5, 5.41) is 2.86. The number of hydrogen-bond donors (Lipinski definition) is 1. The van der Waals surface area contributed by atoms with E-state index < -0.39 is 6.10 Å². The van der Waals surface area contributed by atoms with Crippen LogP contribution in [0.5, 0.6) is 0 Å². The maximum atomic E-state index is 12.5. The molecule has 3 unspecified atom stereocenters. The molecule has 0 saturated carbocycles. The molecule has 1 aromatic heterocycles. The van der Waals surface area contributed by atoms with Gasteiger partial charge in [0.15, 0.2) is 0 Å². The van der Waals surface area contributed by atoms with Gasteiger partial charge in [-0.25, -0.2) is 0 Å². The largest absolute Gasteiger partial charge is 0.375 e. The number of amides is 2. The van der Waals surface area contributed by atoms with Crippen molar-refractivity contribution >= 4 is 17.5 Å². The maximum absolute atomic E-state index is 12.5. The lowest BCUT2D eigenvalue weighted by molar-refractivity contribution is -0.153. The average molecular weight is 347 g/mol. The Morgan fingerprint density at radius 3 is 3.00 bits per heavy atom. The van der Waals surface area contributed by atoms with Crippen LogP contribution in [0.15, 0.2) is 24.5 Å². The van der Waals surface area contributed by atoms with Gasteiger partial charge in [-0.3, -0.25) is 14.6 Å². The van der Waals surface area contributed by atoms with Gasteiger partial charge in [-0.2, -0.15) is 0 Å². The number of ether oxygens (including phenoxy) is 2. The van der Waals surface area contributed by atoms with Gasteiger partial charge < -0.3 is 19.7 Å². The summed E-state index contributed by atoms with van der Waals surface area (Å²) in [7, 11) is 1.53. The first-order valence-electron chi connectivity index (χ1n) is 8.69. The third kappa shape index (κ3) is 3.82. The van der Waals surface area contributed by atoms with Gasteiger partial charge in [0.05, 0.1) is 17.5 Å². The van der Waals surface area contributed by atoms with E-state index in [0.29, 0.717) is 25.2 Å². The summed E-state index contributed by atoms with van der Waals surface area (Å²) in [6, 6.07) is 3.58. The van der Waals surface area contributed by atoms with Crippen LogP contribution >= 0.6 is 0 Å². The standard InChI is InChI=1S/C18H25N3O4/c1-13-11-21(16(22)12-24-2)9-7-18(13)6-5-15(25-18)17(23)20-14-4-3-8-19-10-14/h3-4,8,10,13,15H,5-7,9,11-12H2,1-2H3,(H,20,23). The predicted octanol–water partition coefficient (Wildman–Crippen LogP) is 1.45. The molecule has 0 bridgehead atoms. The molecule has 0 radical (unpaired) electrons. The predicted molar refractivity (Wildman–Crippen MR) is 91.9 cm³/mol. The molecule has 2 saturated heterocycles. The molecule has 7 nitrogen and oxygen atoms in total. The summed E-state index contributed by atoms with van der Waals surface area (Å²) in [4.78, 5) is 30.3. The highest BCUT2D eigenvalue weighted by atomic mass is 16.5. The van der Waals surface area contributed by atoms with Crippen LogP contribution in [0.4, 0.5) is 5.69 Å². The van der Waals surface area contributed by atoms with Crippen LogP contribution in [0, 0.1) is 5.92 Å². The summed E-state index contributed by atoms with van der Waals surface area (Å²) >= 11 is 0. The second kappa shape index (κ2) is 7.49. The lowest BCUT2D eigenvalue weighted by Gasteiger charge is -2.44. The fraction of sp³-hybridized carbons (Fsp3) is 0.611. The first kappa shape index (κ1) is 17.8. The van der Waals surface area contributed by atoms with Crippen molar-refractivity contribution in [1.29, 1.82) is 0 Å². The van der Waals surface area contributed by atoms with Gasteiger partial charge in [-0.05, 0) is 31.4 Å². The van der Waals surface area contributed by atoms with Gasteiger partial charge in [0.25, 0.3) is 5.91 Å². The van der Waals surface area contributed by atoms with Crippen molar-refractivity contribution in [1.82, 2.24) is 9.88 Å². The number of likely N-dealkylation sites (tertiary alicyclic amines) is 1. The molecule has 2 aliphatic rings. The normalized spacial score (nSPS) is 29.0. The number of anilines is 1. The van der Waals surface area contributed by atoms with Crippen LogP contribution in [0.25, 0.3) is 0 Å². The second-order valence-corrected chi connectivity index (χ2v) is 6.86. The number of carbonyl (C=O) groups is 2. The Labute approximate surface area is 147 Å². The van der Waals surface area contributed by atoms with Crippen molar-refractivity contribution in [3.8, 4) is 0 Å². The molecule has 25 heavy (non-hydrogen) atoms. The quantitative estimate of drug-likeness (QED) is 0.892. The number of methoxy groups -OCH3 is 1. The van der Waals surface area contributed by atoms with Crippen molar-refractivity contribution < 1.29 is 19.1 Å². The minimum absolute atomic E-state index is 0.00747. The first-order chi connectivity index (χ1) is 12.0. The lowest BCUT2D eigenvalue weighted by atomic mass is 9.80. The Kier molecular flexibility index (Phi) is 5.34. The van der Waals surface area contributed by atoms with E-state index in [0.717, 1.165) is 12.8 Å². The van der Waals surface area contributed by atoms with E-state index in [9.17, 15) is 9.59 Å². The topological polar surface area (TPSA) is 80.8 Å². The van der Waals surface area contributed by atoms with E-state index in [1.165, 1.54) is 7.11 Å². The molecule has 2 amide bonds. The van der Waals surface area contributed by atoms with Crippen LogP contribution in [0.1, 0.15) is 26.2 Å². The molecule has 3 rings (SSSR count). The third-order valence-electron chi connectivity index (χ3n) is 5.25. The monoisotopic (exact) mass is 347 g/mol. The van der Waals surface area contributed by atoms with Crippen molar-refractivity contribution in [2.24, 2.45) is 5.92 Å². The second-order valence-electron chi connectivity index (χ2n) is 6.86. The van der Waals surface area contributed by atoms with Crippen LogP contribution in [0.3, 0.4) is 0 Å². The molecular weight excluding hydrogens is 322 g/mol. The van der Waals surface area contributed by atoms with E-state index in [1.54, 1.807) is 24.5 Å². The highest BCUT2D eigenvalue weighted by Gasteiger charge is 2.49. The van der Waals surface area contributed by atoms with Gasteiger partial charge in [0, 0.05) is 32.3 Å². The summed E-state index contributed by atoms with van der Waals surface area (Å²) in [5.74, 6) is 0.0567. The van der Waals surface area contributed by atoms with Gasteiger partial charge in [0.2, 0.25) is 5.91 Å². The fourth-order valence-electron chi connectivity index (χ4n) is 3.77. The maximum Gasteiger partial charge on any atom is 0.253 e. The SMILES string of the molecule is COCC(=O)N1CCC2(CCC(C(=O)Nc3cccnc3)O2)C(C)C1. The number of nitrogens with one attached hydrogen (secondary N) is 1. The molecule has 1 spiro atoms. The number of hydrogen-bond acceptors (Lipinski definition) is 5. The Hall–Kier alpha value is -1.99. The smallest absolute Gasteiger partial charge is 0.253 e. The number of nitrogens with zero attached hydrogens (tertiary/aromatic N) is 2. The van der Waals surface area contributed by atoms with Crippen molar-refractivity contribution in [3.05, 3.63) is 24.5 Å². The lowest BCUT2D eigenvalue weighted by Crippen LogP contribution is -2.53. The van der Waals surface area contributed by atoms with E-state index in [4.69, 9.17) is 9.47 Å². The first-order valence-corrected chi connectivity index (χ1v) is 8.69. The van der Waals surface area contributed by atoms with Gasteiger partial charge in [-0.15, -0.1) is 0 Å². The minimum Gasteiger partial charge on any atom is -0.375 e. The van der Waals surface area contributed by atoms with Crippen LogP contribution in [-0.2, 0) is 19.1 Å². The molecule has 2 aliphatic heterocycles. The van der Waals surface area contributed by atoms with Crippen LogP contribution in [0.2, 0.25) is 0 Å². The van der Waals surface area contributed by atoms with E-state index in [-0.39, 0.29) is 29.9 Å². The van der Waals surface area contributed by atoms with E-state index >= 15 is 0 Å². The van der Waals surface area contributed by atoms with E-state index in [2.05, 4.69) is 17.2 Å². The number of carbonyl (C=O) groups excluding carboxylic acids is 2.